The summed E-state index contributed by atoms with van der Waals surface area (Å²) >= 11 is 5.09. The lowest BCUT2D eigenvalue weighted by molar-refractivity contribution is 0.0593. The number of pyridine rings is 1. The number of aromatic nitrogens is 2. The average Bonchev–Trinajstić information content (AvgIpc) is 3.16. The highest BCUT2D eigenvalue weighted by atomic mass is 79.9. The van der Waals surface area contributed by atoms with Gasteiger partial charge in [0.15, 0.2) is 11.3 Å². The highest BCUT2D eigenvalue weighted by Crippen LogP contribution is 2.39. The van der Waals surface area contributed by atoms with Gasteiger partial charge in [0.2, 0.25) is 0 Å². The van der Waals surface area contributed by atoms with Crippen molar-refractivity contribution >= 4 is 43.6 Å². The van der Waals surface area contributed by atoms with Crippen molar-refractivity contribution in [3.8, 4) is 0 Å². The molecule has 0 unspecified atom stereocenters. The standard InChI is InChI=1S/C22H23BrN2O3S/c1-27-22(26)19-17(23)11-18-20(24-19)25-21(29-18)16-9-7-15(8-10-16)13-28-12-14-5-3-2-4-6-14/h2-6,11,15-16H,7-10,12-13H2,1H3. The van der Waals surface area contributed by atoms with Crippen LogP contribution in [0.4, 0.5) is 0 Å². The van der Waals surface area contributed by atoms with E-state index in [2.05, 4.69) is 33.0 Å². The number of fused-ring (bicyclic) bond motifs is 1. The lowest BCUT2D eigenvalue weighted by atomic mass is 9.83. The van der Waals surface area contributed by atoms with Crippen LogP contribution in [-0.4, -0.2) is 29.7 Å². The highest BCUT2D eigenvalue weighted by molar-refractivity contribution is 9.10. The molecule has 2 aromatic heterocycles. The van der Waals surface area contributed by atoms with Gasteiger partial charge in [0, 0.05) is 12.5 Å². The van der Waals surface area contributed by atoms with E-state index in [4.69, 9.17) is 14.5 Å². The fourth-order valence-corrected chi connectivity index (χ4v) is 5.52. The van der Waals surface area contributed by atoms with E-state index in [1.807, 2.05) is 24.3 Å². The van der Waals surface area contributed by atoms with E-state index in [1.54, 1.807) is 11.3 Å². The molecule has 0 amide bonds. The van der Waals surface area contributed by atoms with Crippen molar-refractivity contribution in [3.05, 3.63) is 57.1 Å². The molecule has 2 heterocycles. The van der Waals surface area contributed by atoms with Crippen LogP contribution in [-0.2, 0) is 16.1 Å². The molecule has 1 saturated carbocycles. The predicted octanol–water partition coefficient (Wildman–Crippen LogP) is 5.73. The second kappa shape index (κ2) is 9.32. The van der Waals surface area contributed by atoms with Gasteiger partial charge in [-0.25, -0.2) is 14.8 Å². The van der Waals surface area contributed by atoms with Gasteiger partial charge in [0.25, 0.3) is 0 Å². The molecule has 7 heteroatoms. The topological polar surface area (TPSA) is 61.3 Å². The molecule has 1 fully saturated rings. The molecular formula is C22H23BrN2O3S. The summed E-state index contributed by atoms with van der Waals surface area (Å²) in [6.07, 6.45) is 4.54. The molecule has 0 N–H and O–H groups in total. The molecule has 1 aliphatic carbocycles. The maximum Gasteiger partial charge on any atom is 0.357 e. The van der Waals surface area contributed by atoms with Gasteiger partial charge in [-0.15, -0.1) is 11.3 Å². The second-order valence-corrected chi connectivity index (χ2v) is 9.32. The van der Waals surface area contributed by atoms with E-state index in [-0.39, 0.29) is 5.69 Å². The quantitative estimate of drug-likeness (QED) is 0.426. The van der Waals surface area contributed by atoms with Crippen molar-refractivity contribution in [2.24, 2.45) is 5.92 Å². The first-order chi connectivity index (χ1) is 14.1. The van der Waals surface area contributed by atoms with Crippen LogP contribution in [0.5, 0.6) is 0 Å². The Balaban J connectivity index is 1.34. The predicted molar refractivity (Wildman–Crippen MR) is 117 cm³/mol. The zero-order chi connectivity index (χ0) is 20.2. The fraction of sp³-hybridized carbons (Fsp3) is 0.409. The molecule has 5 nitrogen and oxygen atoms in total. The van der Waals surface area contributed by atoms with Crippen LogP contribution in [0.1, 0.15) is 52.7 Å². The van der Waals surface area contributed by atoms with Gasteiger partial charge in [-0.2, -0.15) is 0 Å². The Morgan fingerprint density at radius 3 is 2.66 bits per heavy atom. The zero-order valence-electron chi connectivity index (χ0n) is 16.3. The van der Waals surface area contributed by atoms with Crippen LogP contribution in [0.25, 0.3) is 10.3 Å². The molecule has 152 valence electrons. The van der Waals surface area contributed by atoms with Gasteiger partial charge in [0.05, 0.1) is 27.9 Å². The van der Waals surface area contributed by atoms with E-state index >= 15 is 0 Å². The van der Waals surface area contributed by atoms with Crippen molar-refractivity contribution in [2.75, 3.05) is 13.7 Å². The van der Waals surface area contributed by atoms with Gasteiger partial charge in [-0.05, 0) is 59.2 Å². The number of methoxy groups -OCH3 is 1. The summed E-state index contributed by atoms with van der Waals surface area (Å²) in [4.78, 5) is 21.0. The first-order valence-electron chi connectivity index (χ1n) is 9.81. The number of hydrogen-bond donors (Lipinski definition) is 0. The number of rotatable bonds is 6. The minimum atomic E-state index is -0.454. The van der Waals surface area contributed by atoms with Crippen molar-refractivity contribution in [2.45, 2.75) is 38.2 Å². The molecule has 29 heavy (non-hydrogen) atoms. The average molecular weight is 475 g/mol. The lowest BCUT2D eigenvalue weighted by Crippen LogP contribution is -2.17. The highest BCUT2D eigenvalue weighted by Gasteiger charge is 2.26. The number of hydrogen-bond acceptors (Lipinski definition) is 6. The van der Waals surface area contributed by atoms with Crippen LogP contribution < -0.4 is 0 Å². The Bertz CT molecular complexity index is 984. The number of ether oxygens (including phenoxy) is 2. The molecule has 0 bridgehead atoms. The van der Waals surface area contributed by atoms with E-state index < -0.39 is 5.97 Å². The summed E-state index contributed by atoms with van der Waals surface area (Å²) in [5.41, 5.74) is 2.12. The maximum atomic E-state index is 11.8. The normalized spacial score (nSPS) is 19.4. The Morgan fingerprint density at radius 2 is 1.93 bits per heavy atom. The summed E-state index contributed by atoms with van der Waals surface area (Å²) in [5, 5.41) is 1.12. The van der Waals surface area contributed by atoms with E-state index in [0.29, 0.717) is 28.6 Å². The van der Waals surface area contributed by atoms with Crippen LogP contribution in [0.15, 0.2) is 40.9 Å². The number of carbonyl (C=O) groups is 1. The van der Waals surface area contributed by atoms with Crippen LogP contribution in [0.3, 0.4) is 0 Å². The smallest absolute Gasteiger partial charge is 0.357 e. The van der Waals surface area contributed by atoms with Crippen molar-refractivity contribution in [3.63, 3.8) is 0 Å². The van der Waals surface area contributed by atoms with Crippen molar-refractivity contribution in [1.82, 2.24) is 9.97 Å². The molecule has 0 aliphatic heterocycles. The lowest BCUT2D eigenvalue weighted by Gasteiger charge is -2.27. The molecule has 0 spiro atoms. The summed E-state index contributed by atoms with van der Waals surface area (Å²) in [7, 11) is 1.36. The number of thiazole rings is 1. The second-order valence-electron chi connectivity index (χ2n) is 7.40. The third-order valence-electron chi connectivity index (χ3n) is 5.39. The van der Waals surface area contributed by atoms with E-state index in [9.17, 15) is 4.79 Å². The third-order valence-corrected chi connectivity index (χ3v) is 7.15. The van der Waals surface area contributed by atoms with Crippen molar-refractivity contribution in [1.29, 1.82) is 0 Å². The van der Waals surface area contributed by atoms with Gasteiger partial charge < -0.3 is 9.47 Å². The number of nitrogens with zero attached hydrogens (tertiary/aromatic N) is 2. The van der Waals surface area contributed by atoms with E-state index in [0.717, 1.165) is 42.0 Å². The molecule has 0 saturated heterocycles. The maximum absolute atomic E-state index is 11.8. The van der Waals surface area contributed by atoms with Gasteiger partial charge in [-0.1, -0.05) is 30.3 Å². The van der Waals surface area contributed by atoms with Crippen LogP contribution in [0.2, 0.25) is 0 Å². The van der Waals surface area contributed by atoms with Crippen LogP contribution in [0, 0.1) is 5.92 Å². The Kier molecular flexibility index (Phi) is 6.57. The molecule has 1 aliphatic rings. The number of carbonyl (C=O) groups excluding carboxylic acids is 1. The molecule has 0 radical (unpaired) electrons. The van der Waals surface area contributed by atoms with Crippen molar-refractivity contribution < 1.29 is 14.3 Å². The first kappa shape index (κ1) is 20.4. The number of esters is 1. The van der Waals surface area contributed by atoms with Gasteiger partial charge >= 0.3 is 5.97 Å². The molecule has 0 atom stereocenters. The Labute approximate surface area is 182 Å². The first-order valence-corrected chi connectivity index (χ1v) is 11.4. The fourth-order valence-electron chi connectivity index (χ4n) is 3.77. The minimum absolute atomic E-state index is 0.274. The Morgan fingerprint density at radius 1 is 1.17 bits per heavy atom. The van der Waals surface area contributed by atoms with Gasteiger partial charge in [0.1, 0.15) is 0 Å². The van der Waals surface area contributed by atoms with E-state index in [1.165, 1.54) is 12.7 Å². The monoisotopic (exact) mass is 474 g/mol. The molecule has 3 aromatic rings. The number of halogens is 1. The third kappa shape index (κ3) is 4.85. The largest absolute Gasteiger partial charge is 0.464 e. The van der Waals surface area contributed by atoms with Gasteiger partial charge in [-0.3, -0.25) is 0 Å². The summed E-state index contributed by atoms with van der Waals surface area (Å²) < 4.78 is 12.4. The minimum Gasteiger partial charge on any atom is -0.464 e. The molecular weight excluding hydrogens is 452 g/mol. The summed E-state index contributed by atoms with van der Waals surface area (Å²) in [6.45, 7) is 1.50. The molecule has 4 rings (SSSR count). The SMILES string of the molecule is COC(=O)c1nc2nc(C3CCC(COCc4ccccc4)CC3)sc2cc1Br. The molecule has 1 aromatic carbocycles. The van der Waals surface area contributed by atoms with Crippen LogP contribution >= 0.6 is 27.3 Å². The zero-order valence-corrected chi connectivity index (χ0v) is 18.7. The summed E-state index contributed by atoms with van der Waals surface area (Å²) in [6, 6.07) is 12.2. The number of benzene rings is 1. The summed E-state index contributed by atoms with van der Waals surface area (Å²) in [5.74, 6) is 0.617. The Hall–Kier alpha value is -1.83.